The number of H-pyrrole nitrogens is 1. The van der Waals surface area contributed by atoms with Crippen molar-refractivity contribution in [2.45, 2.75) is 0 Å². The lowest BCUT2D eigenvalue weighted by Gasteiger charge is -2.09. The Morgan fingerprint density at radius 3 is 2.72 bits per heavy atom. The summed E-state index contributed by atoms with van der Waals surface area (Å²) in [6.45, 7) is 0. The van der Waals surface area contributed by atoms with E-state index in [1.165, 1.54) is 0 Å². The number of para-hydroxylation sites is 1. The van der Waals surface area contributed by atoms with Gasteiger partial charge in [-0.2, -0.15) is 0 Å². The van der Waals surface area contributed by atoms with E-state index in [1.54, 1.807) is 18.6 Å². The van der Waals surface area contributed by atoms with Gasteiger partial charge >= 0.3 is 0 Å². The number of nitrogens with zero attached hydrogens (tertiary/aromatic N) is 2. The van der Waals surface area contributed by atoms with Gasteiger partial charge in [-0.25, -0.2) is 4.98 Å². The first-order chi connectivity index (χ1) is 8.93. The fraction of sp³-hybridized carbons (Fsp3) is 0. The maximum absolute atomic E-state index is 4.16. The molecular weight excluding hydrogens is 224 g/mol. The smallest absolute Gasteiger partial charge is 0.204 e. The summed E-state index contributed by atoms with van der Waals surface area (Å²) in [5, 5.41) is 3.26. The monoisotopic (exact) mass is 236 g/mol. The van der Waals surface area contributed by atoms with E-state index in [2.05, 4.69) is 26.3 Å². The van der Waals surface area contributed by atoms with Crippen molar-refractivity contribution in [1.82, 2.24) is 15.0 Å². The molecule has 0 aliphatic rings. The second-order valence-corrected chi connectivity index (χ2v) is 3.85. The van der Waals surface area contributed by atoms with Gasteiger partial charge in [-0.05, 0) is 12.1 Å². The van der Waals surface area contributed by atoms with Gasteiger partial charge in [-0.3, -0.25) is 4.98 Å². The first-order valence-electron chi connectivity index (χ1n) is 5.69. The summed E-state index contributed by atoms with van der Waals surface area (Å²) in [6.07, 6.45) is 7.12. The van der Waals surface area contributed by atoms with Crippen LogP contribution in [0.3, 0.4) is 0 Å². The lowest BCUT2D eigenvalue weighted by atomic mass is 10.1. The number of pyridine rings is 1. The summed E-state index contributed by atoms with van der Waals surface area (Å²) in [7, 11) is 0. The number of rotatable bonds is 3. The van der Waals surface area contributed by atoms with Gasteiger partial charge in [-0.1, -0.05) is 24.3 Å². The largest absolute Gasteiger partial charge is 0.331 e. The molecule has 4 nitrogen and oxygen atoms in total. The van der Waals surface area contributed by atoms with Crippen LogP contribution in [-0.4, -0.2) is 15.0 Å². The van der Waals surface area contributed by atoms with E-state index in [1.807, 2.05) is 36.5 Å². The highest BCUT2D eigenvalue weighted by Gasteiger charge is 2.05. The van der Waals surface area contributed by atoms with Crippen molar-refractivity contribution in [2.75, 3.05) is 5.32 Å². The van der Waals surface area contributed by atoms with Crippen LogP contribution >= 0.6 is 0 Å². The predicted octanol–water partition coefficient (Wildman–Crippen LogP) is 3.22. The van der Waals surface area contributed by atoms with Crippen LogP contribution in [0.15, 0.2) is 61.2 Å². The van der Waals surface area contributed by atoms with E-state index in [0.717, 1.165) is 22.8 Å². The van der Waals surface area contributed by atoms with Crippen molar-refractivity contribution in [3.63, 3.8) is 0 Å². The minimum absolute atomic E-state index is 0.728. The Bertz CT molecular complexity index is 617. The second-order valence-electron chi connectivity index (χ2n) is 3.85. The first kappa shape index (κ1) is 10.5. The molecule has 0 saturated carbocycles. The van der Waals surface area contributed by atoms with Crippen LogP contribution in [0.2, 0.25) is 0 Å². The Morgan fingerprint density at radius 1 is 1.00 bits per heavy atom. The third-order valence-corrected chi connectivity index (χ3v) is 2.65. The van der Waals surface area contributed by atoms with Crippen LogP contribution in [-0.2, 0) is 0 Å². The zero-order valence-electron chi connectivity index (χ0n) is 9.67. The van der Waals surface area contributed by atoms with Crippen LogP contribution in [0.5, 0.6) is 0 Å². The van der Waals surface area contributed by atoms with Gasteiger partial charge in [-0.15, -0.1) is 0 Å². The topological polar surface area (TPSA) is 53.6 Å². The number of imidazole rings is 1. The highest BCUT2D eigenvalue weighted by molar-refractivity contribution is 5.79. The number of aromatic amines is 1. The lowest BCUT2D eigenvalue weighted by molar-refractivity contribution is 1.28. The molecule has 88 valence electrons. The maximum Gasteiger partial charge on any atom is 0.204 e. The molecule has 0 radical (unpaired) electrons. The van der Waals surface area contributed by atoms with Crippen LogP contribution in [0.1, 0.15) is 0 Å². The number of benzene rings is 1. The molecule has 3 aromatic rings. The molecule has 0 aliphatic heterocycles. The maximum atomic E-state index is 4.16. The zero-order chi connectivity index (χ0) is 12.2. The van der Waals surface area contributed by atoms with E-state index in [0.29, 0.717) is 0 Å². The Balaban J connectivity index is 2.00. The van der Waals surface area contributed by atoms with Crippen LogP contribution < -0.4 is 5.32 Å². The quantitative estimate of drug-likeness (QED) is 0.734. The van der Waals surface area contributed by atoms with Gasteiger partial charge in [0.1, 0.15) is 0 Å². The molecule has 3 rings (SSSR count). The molecule has 2 aromatic heterocycles. The van der Waals surface area contributed by atoms with Crippen LogP contribution in [0, 0.1) is 0 Å². The SMILES string of the molecule is c1cncc(-c2ccccc2Nc2ncc[nH]2)c1. The molecule has 1 aromatic carbocycles. The molecule has 0 saturated heterocycles. The van der Waals surface area contributed by atoms with Crippen molar-refractivity contribution in [3.05, 3.63) is 61.2 Å². The Morgan fingerprint density at radius 2 is 1.94 bits per heavy atom. The number of aromatic nitrogens is 3. The van der Waals surface area contributed by atoms with E-state index < -0.39 is 0 Å². The summed E-state index contributed by atoms with van der Waals surface area (Å²) in [6, 6.07) is 12.0. The van der Waals surface area contributed by atoms with Crippen LogP contribution in [0.25, 0.3) is 11.1 Å². The van der Waals surface area contributed by atoms with Crippen molar-refractivity contribution >= 4 is 11.6 Å². The molecule has 0 unspecified atom stereocenters. The molecule has 2 heterocycles. The molecule has 18 heavy (non-hydrogen) atoms. The molecule has 2 N–H and O–H groups in total. The van der Waals surface area contributed by atoms with Crippen LogP contribution in [0.4, 0.5) is 11.6 Å². The Labute approximate surface area is 105 Å². The van der Waals surface area contributed by atoms with Gasteiger partial charge in [0.05, 0.1) is 0 Å². The molecule has 0 atom stereocenters. The second kappa shape index (κ2) is 4.71. The normalized spacial score (nSPS) is 10.2. The standard InChI is InChI=1S/C14H12N4/c1-2-6-13(18-14-16-8-9-17-14)12(5-1)11-4-3-7-15-10-11/h1-10H,(H2,16,17,18). The minimum Gasteiger partial charge on any atom is -0.331 e. The van der Waals surface area contributed by atoms with Crippen molar-refractivity contribution in [2.24, 2.45) is 0 Å². The first-order valence-corrected chi connectivity index (χ1v) is 5.69. The van der Waals surface area contributed by atoms with Crippen molar-refractivity contribution in [1.29, 1.82) is 0 Å². The number of nitrogens with one attached hydrogen (secondary N) is 2. The highest BCUT2D eigenvalue weighted by atomic mass is 15.1. The molecule has 0 spiro atoms. The number of hydrogen-bond donors (Lipinski definition) is 2. The van der Waals surface area contributed by atoms with Gasteiger partial charge < -0.3 is 10.3 Å². The third-order valence-electron chi connectivity index (χ3n) is 2.65. The van der Waals surface area contributed by atoms with Crippen molar-refractivity contribution < 1.29 is 0 Å². The molecule has 0 bridgehead atoms. The molecular formula is C14H12N4. The summed E-state index contributed by atoms with van der Waals surface area (Å²) in [4.78, 5) is 11.3. The fourth-order valence-electron chi connectivity index (χ4n) is 1.83. The zero-order valence-corrected chi connectivity index (χ0v) is 9.67. The minimum atomic E-state index is 0.728. The molecule has 0 fully saturated rings. The summed E-state index contributed by atoms with van der Waals surface area (Å²) in [5.41, 5.74) is 3.18. The van der Waals surface area contributed by atoms with Gasteiger partial charge in [0.25, 0.3) is 0 Å². The molecule has 0 amide bonds. The molecule has 0 aliphatic carbocycles. The number of anilines is 2. The Hall–Kier alpha value is -2.62. The van der Waals surface area contributed by atoms with E-state index in [9.17, 15) is 0 Å². The van der Waals surface area contributed by atoms with Gasteiger partial charge in [0, 0.05) is 41.6 Å². The van der Waals surface area contributed by atoms with E-state index >= 15 is 0 Å². The Kier molecular flexibility index (Phi) is 2.75. The summed E-state index contributed by atoms with van der Waals surface area (Å²) < 4.78 is 0. The van der Waals surface area contributed by atoms with Gasteiger partial charge in [0.2, 0.25) is 5.95 Å². The summed E-state index contributed by atoms with van der Waals surface area (Å²) >= 11 is 0. The van der Waals surface area contributed by atoms with Gasteiger partial charge in [0.15, 0.2) is 0 Å². The number of hydrogen-bond acceptors (Lipinski definition) is 3. The average Bonchev–Trinajstić information content (AvgIpc) is 2.93. The lowest BCUT2D eigenvalue weighted by Crippen LogP contribution is -1.94. The predicted molar refractivity (Wildman–Crippen MR) is 71.5 cm³/mol. The highest BCUT2D eigenvalue weighted by Crippen LogP contribution is 2.28. The summed E-state index contributed by atoms with van der Waals surface area (Å²) in [5.74, 6) is 0.728. The van der Waals surface area contributed by atoms with E-state index in [4.69, 9.17) is 0 Å². The average molecular weight is 236 g/mol. The van der Waals surface area contributed by atoms with Crippen molar-refractivity contribution in [3.8, 4) is 11.1 Å². The van der Waals surface area contributed by atoms with E-state index in [-0.39, 0.29) is 0 Å². The third kappa shape index (κ3) is 2.08. The molecule has 4 heteroatoms. The fourth-order valence-corrected chi connectivity index (χ4v) is 1.83.